The summed E-state index contributed by atoms with van der Waals surface area (Å²) in [5, 5.41) is 6.68. The molecule has 0 saturated carbocycles. The molecule has 0 aromatic heterocycles. The molecule has 1 aromatic carbocycles. The minimum atomic E-state index is 0.0885. The van der Waals surface area contributed by atoms with Crippen LogP contribution in [0.3, 0.4) is 0 Å². The normalized spacial score (nSPS) is 23.6. The molecule has 0 aliphatic carbocycles. The fraction of sp³-hybridized carbons (Fsp3) is 0.682. The van der Waals surface area contributed by atoms with E-state index in [1.807, 2.05) is 18.2 Å². The van der Waals surface area contributed by atoms with Crippen LogP contribution in [0.25, 0.3) is 0 Å². The molecule has 2 saturated heterocycles. The maximum absolute atomic E-state index is 12.6. The molecule has 2 atom stereocenters. The molecule has 2 heterocycles. The van der Waals surface area contributed by atoms with Gasteiger partial charge in [-0.25, -0.2) is 0 Å². The molecule has 28 heavy (non-hydrogen) atoms. The van der Waals surface area contributed by atoms with Crippen molar-refractivity contribution in [1.29, 1.82) is 0 Å². The molecule has 156 valence electrons. The van der Waals surface area contributed by atoms with Gasteiger partial charge in [0.05, 0.1) is 7.11 Å². The third kappa shape index (κ3) is 5.61. The van der Waals surface area contributed by atoms with E-state index in [4.69, 9.17) is 9.47 Å². The van der Waals surface area contributed by atoms with E-state index in [-0.39, 0.29) is 5.91 Å². The molecule has 2 aliphatic rings. The number of carbonyl (C=O) groups is 1. The Morgan fingerprint density at radius 2 is 1.89 bits per heavy atom. The average molecular weight is 390 g/mol. The molecular formula is C22H35N3O3. The number of hydrogen-bond donors (Lipinski definition) is 2. The molecule has 2 fully saturated rings. The SMILES string of the molecule is CCN(CC)CCOc1cc(NC(=O)CC2CC3CCC(C2)N3)ccc1OC. The number of rotatable bonds is 10. The number of piperidine rings is 1. The third-order valence-corrected chi connectivity index (χ3v) is 6.05. The van der Waals surface area contributed by atoms with Crippen molar-refractivity contribution in [2.45, 2.75) is 58.0 Å². The van der Waals surface area contributed by atoms with Crippen molar-refractivity contribution in [1.82, 2.24) is 10.2 Å². The number of likely N-dealkylation sites (N-methyl/N-ethyl adjacent to an activating group) is 1. The van der Waals surface area contributed by atoms with Gasteiger partial charge in [0, 0.05) is 36.8 Å². The van der Waals surface area contributed by atoms with Crippen LogP contribution in [-0.2, 0) is 4.79 Å². The minimum Gasteiger partial charge on any atom is -0.493 e. The number of methoxy groups -OCH3 is 1. The average Bonchev–Trinajstić information content (AvgIpc) is 3.03. The van der Waals surface area contributed by atoms with Gasteiger partial charge < -0.3 is 25.0 Å². The Kier molecular flexibility index (Phi) is 7.57. The molecule has 1 amide bonds. The van der Waals surface area contributed by atoms with Gasteiger partial charge in [-0.15, -0.1) is 0 Å². The maximum atomic E-state index is 12.6. The van der Waals surface area contributed by atoms with Crippen LogP contribution < -0.4 is 20.1 Å². The number of nitrogens with zero attached hydrogens (tertiary/aromatic N) is 1. The van der Waals surface area contributed by atoms with E-state index in [2.05, 4.69) is 29.4 Å². The molecule has 2 N–H and O–H groups in total. The van der Waals surface area contributed by atoms with Crippen molar-refractivity contribution >= 4 is 11.6 Å². The second-order valence-corrected chi connectivity index (χ2v) is 7.97. The summed E-state index contributed by atoms with van der Waals surface area (Å²) >= 11 is 0. The van der Waals surface area contributed by atoms with Crippen LogP contribution in [0, 0.1) is 5.92 Å². The molecule has 0 radical (unpaired) electrons. The van der Waals surface area contributed by atoms with Crippen molar-refractivity contribution in [3.8, 4) is 11.5 Å². The fourth-order valence-electron chi connectivity index (χ4n) is 4.51. The van der Waals surface area contributed by atoms with Crippen molar-refractivity contribution in [3.05, 3.63) is 18.2 Å². The first-order valence-electron chi connectivity index (χ1n) is 10.7. The molecule has 2 aliphatic heterocycles. The molecule has 2 bridgehead atoms. The van der Waals surface area contributed by atoms with Crippen LogP contribution in [0.2, 0.25) is 0 Å². The van der Waals surface area contributed by atoms with Crippen molar-refractivity contribution in [2.75, 3.05) is 38.7 Å². The van der Waals surface area contributed by atoms with Gasteiger partial charge in [0.1, 0.15) is 6.61 Å². The summed E-state index contributed by atoms with van der Waals surface area (Å²) in [6.45, 7) is 7.76. The number of anilines is 1. The van der Waals surface area contributed by atoms with Crippen LogP contribution in [0.4, 0.5) is 5.69 Å². The highest BCUT2D eigenvalue weighted by Gasteiger charge is 2.34. The highest BCUT2D eigenvalue weighted by Crippen LogP contribution is 2.33. The molecule has 1 aromatic rings. The van der Waals surface area contributed by atoms with Crippen LogP contribution in [0.5, 0.6) is 11.5 Å². The summed E-state index contributed by atoms with van der Waals surface area (Å²) in [5.41, 5.74) is 0.764. The van der Waals surface area contributed by atoms with E-state index in [0.717, 1.165) is 38.2 Å². The van der Waals surface area contributed by atoms with E-state index in [1.54, 1.807) is 7.11 Å². The number of fused-ring (bicyclic) bond motifs is 2. The first-order valence-corrected chi connectivity index (χ1v) is 10.7. The van der Waals surface area contributed by atoms with E-state index in [0.29, 0.717) is 42.5 Å². The lowest BCUT2D eigenvalue weighted by Crippen LogP contribution is -2.39. The number of benzene rings is 1. The van der Waals surface area contributed by atoms with Gasteiger partial charge >= 0.3 is 0 Å². The molecule has 6 nitrogen and oxygen atoms in total. The lowest BCUT2D eigenvalue weighted by atomic mass is 9.89. The zero-order valence-electron chi connectivity index (χ0n) is 17.5. The maximum Gasteiger partial charge on any atom is 0.224 e. The van der Waals surface area contributed by atoms with Crippen LogP contribution in [0.15, 0.2) is 18.2 Å². The second-order valence-electron chi connectivity index (χ2n) is 7.97. The van der Waals surface area contributed by atoms with Gasteiger partial charge in [0.25, 0.3) is 0 Å². The summed E-state index contributed by atoms with van der Waals surface area (Å²) in [5.74, 6) is 1.94. The van der Waals surface area contributed by atoms with Crippen molar-refractivity contribution in [3.63, 3.8) is 0 Å². The standard InChI is InChI=1S/C22H35N3O3/c1-4-25(5-2)10-11-28-21-15-19(8-9-20(21)27-3)24-22(26)14-16-12-17-6-7-18(13-16)23-17/h8-9,15-18,23H,4-7,10-14H2,1-3H3,(H,24,26). The highest BCUT2D eigenvalue weighted by atomic mass is 16.5. The topological polar surface area (TPSA) is 62.8 Å². The molecule has 0 spiro atoms. The monoisotopic (exact) mass is 389 g/mol. The van der Waals surface area contributed by atoms with Crippen LogP contribution in [0.1, 0.15) is 46.0 Å². The van der Waals surface area contributed by atoms with E-state index in [9.17, 15) is 4.79 Å². The number of hydrogen-bond acceptors (Lipinski definition) is 5. The molecule has 3 rings (SSSR count). The Morgan fingerprint density at radius 3 is 2.54 bits per heavy atom. The van der Waals surface area contributed by atoms with Crippen molar-refractivity contribution in [2.24, 2.45) is 5.92 Å². The molecular weight excluding hydrogens is 354 g/mol. The molecule has 2 unspecified atom stereocenters. The zero-order chi connectivity index (χ0) is 19.9. The number of amides is 1. The summed E-state index contributed by atoms with van der Waals surface area (Å²) in [4.78, 5) is 14.9. The quantitative estimate of drug-likeness (QED) is 0.643. The first kappa shape index (κ1) is 20.9. The Balaban J connectivity index is 1.53. The van der Waals surface area contributed by atoms with Crippen LogP contribution in [-0.4, -0.2) is 56.2 Å². The Labute approximate surface area is 169 Å². The number of ether oxygens (including phenoxy) is 2. The zero-order valence-corrected chi connectivity index (χ0v) is 17.5. The summed E-state index contributed by atoms with van der Waals surface area (Å²) in [6, 6.07) is 6.82. The number of nitrogens with one attached hydrogen (secondary N) is 2. The summed E-state index contributed by atoms with van der Waals surface area (Å²) in [7, 11) is 1.64. The highest BCUT2D eigenvalue weighted by molar-refractivity contribution is 5.91. The van der Waals surface area contributed by atoms with E-state index in [1.165, 1.54) is 12.8 Å². The lowest BCUT2D eigenvalue weighted by Gasteiger charge is -2.28. The summed E-state index contributed by atoms with van der Waals surface area (Å²) < 4.78 is 11.4. The number of carbonyl (C=O) groups excluding carboxylic acids is 1. The van der Waals surface area contributed by atoms with Gasteiger partial charge in [-0.1, -0.05) is 13.8 Å². The smallest absolute Gasteiger partial charge is 0.224 e. The van der Waals surface area contributed by atoms with Gasteiger partial charge in [0.15, 0.2) is 11.5 Å². The predicted octanol–water partition coefficient (Wildman–Crippen LogP) is 3.28. The first-order chi connectivity index (χ1) is 13.6. The largest absolute Gasteiger partial charge is 0.493 e. The van der Waals surface area contributed by atoms with Gasteiger partial charge in [0.2, 0.25) is 5.91 Å². The van der Waals surface area contributed by atoms with E-state index < -0.39 is 0 Å². The van der Waals surface area contributed by atoms with Crippen LogP contribution >= 0.6 is 0 Å². The molecule has 6 heteroatoms. The Morgan fingerprint density at radius 1 is 1.18 bits per heavy atom. The Hall–Kier alpha value is -1.79. The Bertz CT molecular complexity index is 636. The predicted molar refractivity (Wildman–Crippen MR) is 112 cm³/mol. The van der Waals surface area contributed by atoms with E-state index >= 15 is 0 Å². The summed E-state index contributed by atoms with van der Waals surface area (Å²) in [6.07, 6.45) is 5.35. The fourth-order valence-corrected chi connectivity index (χ4v) is 4.51. The second kappa shape index (κ2) is 10.1. The third-order valence-electron chi connectivity index (χ3n) is 6.05. The van der Waals surface area contributed by atoms with Gasteiger partial charge in [-0.3, -0.25) is 4.79 Å². The lowest BCUT2D eigenvalue weighted by molar-refractivity contribution is -0.117. The minimum absolute atomic E-state index is 0.0885. The van der Waals surface area contributed by atoms with Crippen molar-refractivity contribution < 1.29 is 14.3 Å². The van der Waals surface area contributed by atoms with Gasteiger partial charge in [-0.05, 0) is 56.8 Å². The van der Waals surface area contributed by atoms with Gasteiger partial charge in [-0.2, -0.15) is 0 Å².